The van der Waals surface area contributed by atoms with Crippen molar-refractivity contribution in [1.82, 2.24) is 0 Å². The summed E-state index contributed by atoms with van der Waals surface area (Å²) in [7, 11) is -3.27. The quantitative estimate of drug-likeness (QED) is 0.189. The van der Waals surface area contributed by atoms with Crippen LogP contribution in [0.15, 0.2) is 75.8 Å². The third kappa shape index (κ3) is 6.55. The van der Waals surface area contributed by atoms with Gasteiger partial charge < -0.3 is 15.2 Å². The zero-order valence-corrected chi connectivity index (χ0v) is 25.4. The van der Waals surface area contributed by atoms with Crippen molar-refractivity contribution in [2.75, 3.05) is 12.4 Å². The molecule has 0 aromatic heterocycles. The zero-order valence-electron chi connectivity index (χ0n) is 21.0. The molecule has 0 bridgehead atoms. The van der Waals surface area contributed by atoms with Gasteiger partial charge in [0.2, 0.25) is 0 Å². The minimum absolute atomic E-state index is 0. The van der Waals surface area contributed by atoms with Gasteiger partial charge in [-0.25, -0.2) is 0 Å². The van der Waals surface area contributed by atoms with Crippen LogP contribution < -0.4 is 44.7 Å². The van der Waals surface area contributed by atoms with Crippen LogP contribution in [0.25, 0.3) is 10.8 Å². The van der Waals surface area contributed by atoms with E-state index in [0.29, 0.717) is 28.5 Å². The maximum atomic E-state index is 13.5. The molecule has 0 aliphatic rings. The van der Waals surface area contributed by atoms with Gasteiger partial charge in [0.15, 0.2) is 0 Å². The molecule has 4 rings (SSSR count). The molecule has 39 heavy (non-hydrogen) atoms. The van der Waals surface area contributed by atoms with Crippen LogP contribution in [0.5, 0.6) is 11.5 Å². The number of anilines is 1. The number of amides is 1. The van der Waals surface area contributed by atoms with Crippen LogP contribution in [0.1, 0.15) is 22.8 Å². The van der Waals surface area contributed by atoms with Crippen LogP contribution in [0.2, 0.25) is 10.0 Å². The molecule has 0 aliphatic heterocycles. The van der Waals surface area contributed by atoms with Crippen LogP contribution in [0.4, 0.5) is 17.1 Å². The number of benzene rings is 4. The van der Waals surface area contributed by atoms with Gasteiger partial charge in [-0.2, -0.15) is 13.5 Å². The number of halogens is 2. The fourth-order valence-electron chi connectivity index (χ4n) is 3.80. The smallest absolute Gasteiger partial charge is 0.870 e. The first kappa shape index (κ1) is 30.8. The van der Waals surface area contributed by atoms with Gasteiger partial charge >= 0.3 is 29.6 Å². The second-order valence-corrected chi connectivity index (χ2v) is 10.2. The Kier molecular flexibility index (Phi) is 10.0. The average Bonchev–Trinajstić information content (AvgIpc) is 2.88. The van der Waals surface area contributed by atoms with Crippen molar-refractivity contribution in [2.24, 2.45) is 10.2 Å². The number of aryl methyl sites for hydroxylation is 1. The van der Waals surface area contributed by atoms with E-state index in [4.69, 9.17) is 27.9 Å². The van der Waals surface area contributed by atoms with E-state index in [0.717, 1.165) is 0 Å². The number of nitrogens with one attached hydrogen (secondary N) is 1. The summed E-state index contributed by atoms with van der Waals surface area (Å²) in [6.45, 7) is 1.76. The predicted octanol–water partition coefficient (Wildman–Crippen LogP) is 3.71. The van der Waals surface area contributed by atoms with Crippen LogP contribution in [-0.2, 0) is 16.5 Å². The largest absolute Gasteiger partial charge is 1.00 e. The van der Waals surface area contributed by atoms with Gasteiger partial charge in [0.05, 0.1) is 17.8 Å². The fraction of sp³-hybridized carbons (Fsp3) is 0.115. The summed E-state index contributed by atoms with van der Waals surface area (Å²) >= 11 is 12.4. The molecule has 0 heterocycles. The van der Waals surface area contributed by atoms with E-state index in [1.807, 2.05) is 0 Å². The van der Waals surface area contributed by atoms with E-state index in [9.17, 15) is 22.9 Å². The van der Waals surface area contributed by atoms with Crippen LogP contribution in [-0.4, -0.2) is 26.0 Å². The molecule has 9 nitrogen and oxygen atoms in total. The van der Waals surface area contributed by atoms with Crippen molar-refractivity contribution in [2.45, 2.75) is 18.2 Å². The van der Waals surface area contributed by atoms with Gasteiger partial charge in [0, 0.05) is 16.0 Å². The Morgan fingerprint density at radius 1 is 1.05 bits per heavy atom. The number of ether oxygens (including phenoxy) is 1. The number of azo groups is 1. The molecule has 0 spiro atoms. The van der Waals surface area contributed by atoms with E-state index in [2.05, 4.69) is 15.5 Å². The minimum atomic E-state index is -4.69. The van der Waals surface area contributed by atoms with Crippen molar-refractivity contribution in [3.05, 3.63) is 81.8 Å². The number of methoxy groups -OCH3 is 1. The zero-order chi connectivity index (χ0) is 27.6. The van der Waals surface area contributed by atoms with E-state index < -0.39 is 26.7 Å². The number of fused-ring (bicyclic) bond motifs is 1. The van der Waals surface area contributed by atoms with Crippen molar-refractivity contribution >= 4 is 67.1 Å². The minimum Gasteiger partial charge on any atom is -0.870 e. The number of hydrogen-bond donors (Lipinski definition) is 2. The van der Waals surface area contributed by atoms with Gasteiger partial charge in [-0.1, -0.05) is 66.2 Å². The first-order chi connectivity index (χ1) is 18.0. The van der Waals surface area contributed by atoms with Crippen molar-refractivity contribution in [3.8, 4) is 11.5 Å². The molecular weight excluding hydrogens is 576 g/mol. The van der Waals surface area contributed by atoms with Crippen LogP contribution in [0.3, 0.4) is 0 Å². The molecule has 2 N–H and O–H groups in total. The van der Waals surface area contributed by atoms with Gasteiger partial charge in [-0.3, -0.25) is 9.35 Å². The third-order valence-electron chi connectivity index (χ3n) is 5.70. The van der Waals surface area contributed by atoms with Crippen molar-refractivity contribution in [1.29, 1.82) is 0 Å². The van der Waals surface area contributed by atoms with Crippen molar-refractivity contribution < 1.29 is 57.2 Å². The Hall–Kier alpha value is -2.70. The van der Waals surface area contributed by atoms with E-state index in [1.54, 1.807) is 49.4 Å². The molecular formula is C26H20Cl2N3NaO6S. The summed E-state index contributed by atoms with van der Waals surface area (Å²) in [5.74, 6) is -1.23. The fourth-order valence-corrected chi connectivity index (χ4v) is 4.96. The topological polar surface area (TPSA) is 140 Å². The Morgan fingerprint density at radius 3 is 2.44 bits per heavy atom. The normalized spacial score (nSPS) is 11.4. The monoisotopic (exact) mass is 595 g/mol. The summed E-state index contributed by atoms with van der Waals surface area (Å²) in [5.41, 5.74) is -0.0816. The van der Waals surface area contributed by atoms with Crippen LogP contribution >= 0.6 is 23.2 Å². The Bertz CT molecular complexity index is 1710. The van der Waals surface area contributed by atoms with Gasteiger partial charge in [0.25, 0.3) is 16.0 Å². The molecule has 4 aromatic carbocycles. The second-order valence-electron chi connectivity index (χ2n) is 8.03. The Morgan fingerprint density at radius 2 is 1.77 bits per heavy atom. The maximum absolute atomic E-state index is 13.5. The average molecular weight is 596 g/mol. The molecule has 0 saturated heterocycles. The summed E-state index contributed by atoms with van der Waals surface area (Å²) in [5, 5.41) is 25.3. The van der Waals surface area contributed by atoms with Gasteiger partial charge in [-0.05, 0) is 47.7 Å². The van der Waals surface area contributed by atoms with Crippen molar-refractivity contribution in [3.63, 3.8) is 0 Å². The molecule has 196 valence electrons. The molecule has 0 unspecified atom stereocenters. The Labute approximate surface area is 256 Å². The molecule has 4 aromatic rings. The summed E-state index contributed by atoms with van der Waals surface area (Å²) in [4.78, 5) is 12.7. The molecule has 13 heteroatoms. The molecule has 0 atom stereocenters. The molecule has 0 radical (unpaired) electrons. The first-order valence-electron chi connectivity index (χ1n) is 11.1. The van der Waals surface area contributed by atoms with Crippen LogP contribution in [0, 0.1) is 0 Å². The number of hydrogen-bond acceptors (Lipinski definition) is 7. The number of carbonyl (C=O) groups is 1. The second kappa shape index (κ2) is 12.6. The van der Waals surface area contributed by atoms with Gasteiger partial charge in [0.1, 0.15) is 22.0 Å². The summed E-state index contributed by atoms with van der Waals surface area (Å²) in [6, 6.07) is 15.3. The molecule has 0 fully saturated rings. The maximum Gasteiger partial charge on any atom is 1.00 e. The number of para-hydroxylation sites is 1. The van der Waals surface area contributed by atoms with E-state index in [1.165, 1.54) is 25.3 Å². The summed E-state index contributed by atoms with van der Waals surface area (Å²) in [6.07, 6.45) is 0.404. The van der Waals surface area contributed by atoms with Gasteiger partial charge in [-0.15, -0.1) is 5.11 Å². The number of carbonyl (C=O) groups excluding carboxylic acids is 1. The SMILES string of the molecule is CCc1cc(S(=O)(=O)O)c(N=Nc2c([O-])c(C(=O)Nc3c(Cl)cccc3OC)cc3ccccc23)cc1Cl.[Na+]. The number of nitrogens with zero attached hydrogens (tertiary/aromatic N) is 2. The van der Waals surface area contributed by atoms with E-state index in [-0.39, 0.29) is 62.2 Å². The molecule has 1 amide bonds. The number of rotatable bonds is 7. The molecule has 0 saturated carbocycles. The standard InChI is InChI=1S/C26H21Cl2N3O6S.Na/c1-3-14-12-22(38(34,35)36)20(13-19(14)28)30-31-23-16-8-5-4-7-15(16)11-17(25(23)32)26(33)29-24-18(27)9-6-10-21(24)37-2;/h4-13,32H,3H2,1-2H3,(H,29,33)(H,34,35,36);/q;+1/p-1. The van der Waals surface area contributed by atoms with E-state index >= 15 is 0 Å². The third-order valence-corrected chi connectivity index (χ3v) is 7.25. The summed E-state index contributed by atoms with van der Waals surface area (Å²) < 4.78 is 39.0. The molecule has 0 aliphatic carbocycles. The first-order valence-corrected chi connectivity index (χ1v) is 13.3. The Balaban J connectivity index is 0.00000420. The predicted molar refractivity (Wildman–Crippen MR) is 144 cm³/mol.